The zero-order valence-corrected chi connectivity index (χ0v) is 15.3. The van der Waals surface area contributed by atoms with E-state index in [1.54, 1.807) is 72.8 Å². The number of Topliss-reactive ketones (excluding diaryl/α,β-unsaturated/α-hetero) is 1. The van der Waals surface area contributed by atoms with Crippen molar-refractivity contribution in [1.29, 1.82) is 0 Å². The molecule has 0 unspecified atom stereocenters. The molecule has 28 heavy (non-hydrogen) atoms. The maximum atomic E-state index is 12.7. The van der Waals surface area contributed by atoms with Gasteiger partial charge >= 0.3 is 0 Å². The summed E-state index contributed by atoms with van der Waals surface area (Å²) in [7, 11) is 0. The minimum atomic E-state index is -0.385. The van der Waals surface area contributed by atoms with Crippen LogP contribution in [0.4, 0.5) is 5.69 Å². The van der Waals surface area contributed by atoms with Gasteiger partial charge in [0.05, 0.1) is 5.69 Å². The zero-order valence-electron chi connectivity index (χ0n) is 15.3. The average Bonchev–Trinajstić information content (AvgIpc) is 2.73. The van der Waals surface area contributed by atoms with E-state index in [4.69, 9.17) is 4.74 Å². The van der Waals surface area contributed by atoms with Gasteiger partial charge in [0, 0.05) is 16.7 Å². The second-order valence-corrected chi connectivity index (χ2v) is 6.16. The van der Waals surface area contributed by atoms with E-state index in [0.29, 0.717) is 28.1 Å². The van der Waals surface area contributed by atoms with Gasteiger partial charge in [0.1, 0.15) is 5.75 Å². The highest BCUT2D eigenvalue weighted by atomic mass is 16.5. The van der Waals surface area contributed by atoms with Crippen LogP contribution in [0, 0.1) is 0 Å². The molecule has 0 fully saturated rings. The second-order valence-electron chi connectivity index (χ2n) is 6.16. The maximum Gasteiger partial charge on any atom is 0.262 e. The summed E-state index contributed by atoms with van der Waals surface area (Å²) < 4.78 is 5.45. The van der Waals surface area contributed by atoms with Gasteiger partial charge in [-0.2, -0.15) is 0 Å². The van der Waals surface area contributed by atoms with Gasteiger partial charge in [-0.05, 0) is 43.3 Å². The molecule has 0 aliphatic heterocycles. The Morgan fingerprint density at radius 1 is 0.786 bits per heavy atom. The number of hydrogen-bond donors (Lipinski definition) is 1. The molecule has 5 nitrogen and oxygen atoms in total. The number of carbonyl (C=O) groups is 3. The van der Waals surface area contributed by atoms with Gasteiger partial charge in [-0.3, -0.25) is 14.4 Å². The molecule has 0 spiro atoms. The van der Waals surface area contributed by atoms with Crippen LogP contribution in [0.2, 0.25) is 0 Å². The Morgan fingerprint density at radius 3 is 2.11 bits per heavy atom. The molecule has 3 aromatic rings. The molecule has 140 valence electrons. The highest BCUT2D eigenvalue weighted by Gasteiger charge is 2.15. The number of benzene rings is 3. The van der Waals surface area contributed by atoms with Gasteiger partial charge in [-0.25, -0.2) is 0 Å². The van der Waals surface area contributed by atoms with E-state index in [1.165, 1.54) is 6.92 Å². The number of carbonyl (C=O) groups excluding carboxylic acids is 3. The van der Waals surface area contributed by atoms with Gasteiger partial charge in [0.15, 0.2) is 18.2 Å². The highest BCUT2D eigenvalue weighted by molar-refractivity contribution is 6.13. The van der Waals surface area contributed by atoms with Crippen LogP contribution >= 0.6 is 0 Å². The van der Waals surface area contributed by atoms with Crippen molar-refractivity contribution >= 4 is 23.2 Å². The molecule has 0 heterocycles. The van der Waals surface area contributed by atoms with E-state index in [0.717, 1.165) is 0 Å². The molecule has 0 saturated carbocycles. The van der Waals surface area contributed by atoms with Gasteiger partial charge in [0.25, 0.3) is 5.91 Å². The molecule has 0 atom stereocenters. The van der Waals surface area contributed by atoms with Gasteiger partial charge in [-0.15, -0.1) is 0 Å². The van der Waals surface area contributed by atoms with E-state index in [-0.39, 0.29) is 24.1 Å². The quantitative estimate of drug-likeness (QED) is 0.632. The minimum Gasteiger partial charge on any atom is -0.484 e. The first-order valence-electron chi connectivity index (χ1n) is 8.77. The molecule has 0 bridgehead atoms. The molecule has 0 aliphatic carbocycles. The van der Waals surface area contributed by atoms with Crippen molar-refractivity contribution in [3.63, 3.8) is 0 Å². The van der Waals surface area contributed by atoms with E-state index >= 15 is 0 Å². The fraction of sp³-hybridized carbons (Fsp3) is 0.0870. The summed E-state index contributed by atoms with van der Waals surface area (Å²) in [5, 5.41) is 2.72. The predicted molar refractivity (Wildman–Crippen MR) is 107 cm³/mol. The first kappa shape index (κ1) is 19.0. The Kier molecular flexibility index (Phi) is 5.97. The minimum absolute atomic E-state index is 0.0380. The van der Waals surface area contributed by atoms with Crippen molar-refractivity contribution < 1.29 is 19.1 Å². The van der Waals surface area contributed by atoms with Crippen LogP contribution in [-0.4, -0.2) is 24.1 Å². The fourth-order valence-corrected chi connectivity index (χ4v) is 2.66. The summed E-state index contributed by atoms with van der Waals surface area (Å²) in [5.74, 6) is -0.112. The van der Waals surface area contributed by atoms with Crippen molar-refractivity contribution in [1.82, 2.24) is 0 Å². The molecule has 1 N–H and O–H groups in total. The lowest BCUT2D eigenvalue weighted by atomic mass is 10.0. The smallest absolute Gasteiger partial charge is 0.262 e. The van der Waals surface area contributed by atoms with Crippen LogP contribution < -0.4 is 10.1 Å². The number of amides is 1. The predicted octanol–water partition coefficient (Wildman–Crippen LogP) is 4.14. The lowest BCUT2D eigenvalue weighted by Crippen LogP contribution is -2.21. The van der Waals surface area contributed by atoms with Crippen molar-refractivity contribution in [2.45, 2.75) is 6.92 Å². The Hall–Kier alpha value is -3.73. The number of rotatable bonds is 7. The fourth-order valence-electron chi connectivity index (χ4n) is 2.66. The van der Waals surface area contributed by atoms with Crippen LogP contribution in [0.1, 0.15) is 33.2 Å². The summed E-state index contributed by atoms with van der Waals surface area (Å²) in [6, 6.07) is 22.3. The molecule has 0 aliphatic rings. The van der Waals surface area contributed by atoms with E-state index < -0.39 is 0 Å². The first-order chi connectivity index (χ1) is 13.5. The second kappa shape index (κ2) is 8.77. The van der Waals surface area contributed by atoms with Crippen LogP contribution in [0.15, 0.2) is 78.9 Å². The molecule has 3 rings (SSSR count). The Labute approximate surface area is 163 Å². The first-order valence-corrected chi connectivity index (χ1v) is 8.77. The normalized spacial score (nSPS) is 10.2. The molecular formula is C23H19NO4. The molecule has 0 aromatic heterocycles. The van der Waals surface area contributed by atoms with Crippen molar-refractivity contribution in [2.75, 3.05) is 11.9 Å². The lowest BCUT2D eigenvalue weighted by molar-refractivity contribution is -0.118. The average molecular weight is 373 g/mol. The van der Waals surface area contributed by atoms with Gasteiger partial charge < -0.3 is 10.1 Å². The SMILES string of the molecule is CC(=O)c1ccc(OCC(=O)Nc2ccccc2C(=O)c2ccccc2)cc1. The third-order valence-corrected chi connectivity index (χ3v) is 4.11. The maximum absolute atomic E-state index is 12.7. The Balaban J connectivity index is 1.66. The molecule has 0 radical (unpaired) electrons. The number of nitrogens with one attached hydrogen (secondary N) is 1. The number of ether oxygens (including phenoxy) is 1. The third kappa shape index (κ3) is 4.71. The van der Waals surface area contributed by atoms with Crippen LogP contribution in [0.3, 0.4) is 0 Å². The summed E-state index contributed by atoms with van der Waals surface area (Å²) in [4.78, 5) is 36.3. The molecule has 1 amide bonds. The standard InChI is InChI=1S/C23H19NO4/c1-16(25)17-11-13-19(14-12-17)28-15-22(26)24-21-10-6-5-9-20(21)23(27)18-7-3-2-4-8-18/h2-14H,15H2,1H3,(H,24,26). The van der Waals surface area contributed by atoms with Crippen molar-refractivity contribution in [3.8, 4) is 5.75 Å². The Morgan fingerprint density at radius 2 is 1.43 bits per heavy atom. The van der Waals surface area contributed by atoms with Crippen molar-refractivity contribution in [3.05, 3.63) is 95.6 Å². The van der Waals surface area contributed by atoms with Crippen molar-refractivity contribution in [2.24, 2.45) is 0 Å². The van der Waals surface area contributed by atoms with E-state index in [1.807, 2.05) is 6.07 Å². The highest BCUT2D eigenvalue weighted by Crippen LogP contribution is 2.19. The molecule has 3 aromatic carbocycles. The summed E-state index contributed by atoms with van der Waals surface area (Å²) in [6.45, 7) is 1.27. The van der Waals surface area contributed by atoms with Gasteiger partial charge in [-0.1, -0.05) is 42.5 Å². The Bertz CT molecular complexity index is 995. The van der Waals surface area contributed by atoms with Crippen LogP contribution in [-0.2, 0) is 4.79 Å². The number of ketones is 2. The van der Waals surface area contributed by atoms with E-state index in [9.17, 15) is 14.4 Å². The monoisotopic (exact) mass is 373 g/mol. The van der Waals surface area contributed by atoms with Gasteiger partial charge in [0.2, 0.25) is 0 Å². The van der Waals surface area contributed by atoms with E-state index in [2.05, 4.69) is 5.32 Å². The number of anilines is 1. The van der Waals surface area contributed by atoms with Crippen LogP contribution in [0.5, 0.6) is 5.75 Å². The molecular weight excluding hydrogens is 354 g/mol. The molecule has 5 heteroatoms. The van der Waals surface area contributed by atoms with Crippen LogP contribution in [0.25, 0.3) is 0 Å². The number of hydrogen-bond acceptors (Lipinski definition) is 4. The molecule has 0 saturated heterocycles. The summed E-state index contributed by atoms with van der Waals surface area (Å²) >= 11 is 0. The number of para-hydroxylation sites is 1. The largest absolute Gasteiger partial charge is 0.484 e. The summed E-state index contributed by atoms with van der Waals surface area (Å²) in [6.07, 6.45) is 0. The lowest BCUT2D eigenvalue weighted by Gasteiger charge is -2.11. The topological polar surface area (TPSA) is 72.5 Å². The summed E-state index contributed by atoms with van der Waals surface area (Å²) in [5.41, 5.74) is 1.96. The zero-order chi connectivity index (χ0) is 19.9. The third-order valence-electron chi connectivity index (χ3n) is 4.11.